The van der Waals surface area contributed by atoms with E-state index in [0.717, 1.165) is 5.56 Å². The summed E-state index contributed by atoms with van der Waals surface area (Å²) in [4.78, 5) is 15.6. The van der Waals surface area contributed by atoms with Gasteiger partial charge in [0.25, 0.3) is 0 Å². The van der Waals surface area contributed by atoms with Crippen LogP contribution >= 0.6 is 0 Å². The quantitative estimate of drug-likeness (QED) is 0.820. The van der Waals surface area contributed by atoms with Crippen molar-refractivity contribution in [1.82, 2.24) is 10.8 Å². The van der Waals surface area contributed by atoms with Gasteiger partial charge in [-0.2, -0.15) is 13.2 Å². The summed E-state index contributed by atoms with van der Waals surface area (Å²) in [5.41, 5.74) is 2.81. The molecule has 0 unspecified atom stereocenters. The minimum absolute atomic E-state index is 0.111. The van der Waals surface area contributed by atoms with Gasteiger partial charge < -0.3 is 10.1 Å². The number of carbonyl (C=O) groups is 1. The number of benzene rings is 1. The number of urea groups is 1. The lowest BCUT2D eigenvalue weighted by atomic mass is 10.1. The highest BCUT2D eigenvalue weighted by molar-refractivity contribution is 5.73. The molecule has 0 aliphatic rings. The Bertz CT molecular complexity index is 435. The predicted octanol–water partition coefficient (Wildman–Crippen LogP) is 2.55. The van der Waals surface area contributed by atoms with Crippen molar-refractivity contribution >= 4 is 6.03 Å². The lowest BCUT2D eigenvalue weighted by Crippen LogP contribution is -2.36. The first kappa shape index (κ1) is 16.1. The lowest BCUT2D eigenvalue weighted by Gasteiger charge is -2.15. The van der Waals surface area contributed by atoms with Crippen LogP contribution in [-0.2, 0) is 4.84 Å². The van der Waals surface area contributed by atoms with Crippen LogP contribution in [0.3, 0.4) is 0 Å². The maximum Gasteiger partial charge on any atom is 0.422 e. The van der Waals surface area contributed by atoms with Gasteiger partial charge in [0.05, 0.1) is 13.2 Å². The van der Waals surface area contributed by atoms with Gasteiger partial charge in [-0.1, -0.05) is 12.1 Å². The van der Waals surface area contributed by atoms with Gasteiger partial charge in [0.1, 0.15) is 5.75 Å². The predicted molar refractivity (Wildman–Crippen MR) is 65.1 cm³/mol. The van der Waals surface area contributed by atoms with Crippen molar-refractivity contribution in [3.05, 3.63) is 29.8 Å². The number of nitrogens with one attached hydrogen (secondary N) is 2. The molecule has 1 aromatic carbocycles. The third kappa shape index (κ3) is 5.79. The first-order chi connectivity index (χ1) is 9.31. The fraction of sp³-hybridized carbons (Fsp3) is 0.417. The van der Waals surface area contributed by atoms with Gasteiger partial charge in [-0.3, -0.25) is 4.84 Å². The summed E-state index contributed by atoms with van der Waals surface area (Å²) >= 11 is 0. The molecule has 1 atom stereocenters. The van der Waals surface area contributed by atoms with Gasteiger partial charge in [0.15, 0.2) is 6.61 Å². The number of hydroxylamine groups is 1. The topological polar surface area (TPSA) is 59.6 Å². The molecule has 0 spiro atoms. The van der Waals surface area contributed by atoms with E-state index in [1.54, 1.807) is 19.1 Å². The molecule has 0 aliphatic carbocycles. The zero-order valence-electron chi connectivity index (χ0n) is 11.0. The number of rotatable bonds is 5. The molecular weight excluding hydrogens is 277 g/mol. The number of ether oxygens (including phenoxy) is 1. The molecular formula is C12H15F3N2O3. The molecule has 2 N–H and O–H groups in total. The van der Waals surface area contributed by atoms with Crippen molar-refractivity contribution in [3.63, 3.8) is 0 Å². The van der Waals surface area contributed by atoms with Crippen LogP contribution in [0.1, 0.15) is 18.5 Å². The van der Waals surface area contributed by atoms with Crippen molar-refractivity contribution in [2.75, 3.05) is 13.7 Å². The molecule has 0 fully saturated rings. The Labute approximate surface area is 114 Å². The molecule has 0 aliphatic heterocycles. The molecule has 0 bridgehead atoms. The Kier molecular flexibility index (Phi) is 5.63. The minimum Gasteiger partial charge on any atom is -0.484 e. The van der Waals surface area contributed by atoms with Crippen LogP contribution in [0.5, 0.6) is 5.75 Å². The molecule has 8 heteroatoms. The monoisotopic (exact) mass is 292 g/mol. The molecule has 0 saturated heterocycles. The number of carbonyl (C=O) groups excluding carboxylic acids is 1. The van der Waals surface area contributed by atoms with E-state index < -0.39 is 18.8 Å². The van der Waals surface area contributed by atoms with Gasteiger partial charge in [-0.15, -0.1) is 0 Å². The van der Waals surface area contributed by atoms with Crippen molar-refractivity contribution in [3.8, 4) is 5.75 Å². The number of alkyl halides is 3. The summed E-state index contributed by atoms with van der Waals surface area (Å²) in [5, 5.41) is 2.58. The molecule has 0 radical (unpaired) electrons. The number of halogens is 3. The standard InChI is InChI=1S/C12H15F3N2O3/c1-8(16-11(18)17-19-2)9-3-5-10(6-4-9)20-7-12(13,14)15/h3-6,8H,7H2,1-2H3,(H2,16,17,18)/t8-/m0/s1. The van der Waals surface area contributed by atoms with E-state index in [1.165, 1.54) is 19.2 Å². The molecule has 1 rings (SSSR count). The second-order valence-corrected chi connectivity index (χ2v) is 3.97. The maximum atomic E-state index is 12.0. The summed E-state index contributed by atoms with van der Waals surface area (Å²) in [6, 6.07) is 5.12. The first-order valence-corrected chi connectivity index (χ1v) is 5.71. The van der Waals surface area contributed by atoms with Crippen LogP contribution in [0.2, 0.25) is 0 Å². The van der Waals surface area contributed by atoms with E-state index in [9.17, 15) is 18.0 Å². The van der Waals surface area contributed by atoms with Crippen LogP contribution < -0.4 is 15.5 Å². The Morgan fingerprint density at radius 2 is 1.90 bits per heavy atom. The van der Waals surface area contributed by atoms with Crippen LogP contribution in [0.25, 0.3) is 0 Å². The van der Waals surface area contributed by atoms with Crippen LogP contribution in [-0.4, -0.2) is 25.9 Å². The van der Waals surface area contributed by atoms with Crippen LogP contribution in [0.4, 0.5) is 18.0 Å². The smallest absolute Gasteiger partial charge is 0.422 e. The van der Waals surface area contributed by atoms with Crippen molar-refractivity contribution in [2.24, 2.45) is 0 Å². The Hall–Kier alpha value is -1.96. The fourth-order valence-electron chi connectivity index (χ4n) is 1.42. The van der Waals surface area contributed by atoms with Gasteiger partial charge in [-0.25, -0.2) is 10.3 Å². The highest BCUT2D eigenvalue weighted by atomic mass is 19.4. The fourth-order valence-corrected chi connectivity index (χ4v) is 1.42. The van der Waals surface area contributed by atoms with E-state index in [2.05, 4.69) is 20.4 Å². The van der Waals surface area contributed by atoms with Crippen LogP contribution in [0, 0.1) is 0 Å². The second kappa shape index (κ2) is 6.99. The van der Waals surface area contributed by atoms with Gasteiger partial charge >= 0.3 is 12.2 Å². The summed E-state index contributed by atoms with van der Waals surface area (Å²) in [6.07, 6.45) is -4.37. The molecule has 5 nitrogen and oxygen atoms in total. The van der Waals surface area contributed by atoms with Gasteiger partial charge in [0, 0.05) is 0 Å². The van der Waals surface area contributed by atoms with E-state index >= 15 is 0 Å². The zero-order valence-corrected chi connectivity index (χ0v) is 11.0. The third-order valence-electron chi connectivity index (χ3n) is 2.32. The van der Waals surface area contributed by atoms with Gasteiger partial charge in [-0.05, 0) is 24.6 Å². The summed E-state index contributed by atoms with van der Waals surface area (Å²) in [6.45, 7) is 0.386. The second-order valence-electron chi connectivity index (χ2n) is 3.97. The first-order valence-electron chi connectivity index (χ1n) is 5.71. The van der Waals surface area contributed by atoms with Crippen molar-refractivity contribution < 1.29 is 27.5 Å². The van der Waals surface area contributed by atoms with Crippen LogP contribution in [0.15, 0.2) is 24.3 Å². The molecule has 0 aromatic heterocycles. The van der Waals surface area contributed by atoms with E-state index in [-0.39, 0.29) is 11.8 Å². The Morgan fingerprint density at radius 3 is 2.40 bits per heavy atom. The molecule has 0 saturated carbocycles. The lowest BCUT2D eigenvalue weighted by molar-refractivity contribution is -0.153. The van der Waals surface area contributed by atoms with E-state index in [0.29, 0.717) is 0 Å². The Balaban J connectivity index is 2.55. The third-order valence-corrected chi connectivity index (χ3v) is 2.32. The number of amides is 2. The van der Waals surface area contributed by atoms with E-state index in [1.807, 2.05) is 0 Å². The summed E-state index contributed by atoms with van der Waals surface area (Å²) in [7, 11) is 1.30. The molecule has 112 valence electrons. The molecule has 1 aromatic rings. The Morgan fingerprint density at radius 1 is 1.30 bits per heavy atom. The molecule has 20 heavy (non-hydrogen) atoms. The highest BCUT2D eigenvalue weighted by Crippen LogP contribution is 2.20. The summed E-state index contributed by atoms with van der Waals surface area (Å²) in [5.74, 6) is 0.111. The molecule has 2 amide bonds. The minimum atomic E-state index is -4.37. The van der Waals surface area contributed by atoms with Crippen molar-refractivity contribution in [1.29, 1.82) is 0 Å². The molecule has 0 heterocycles. The normalized spacial score (nSPS) is 12.7. The average Bonchev–Trinajstić information content (AvgIpc) is 2.36. The van der Waals surface area contributed by atoms with Crippen molar-refractivity contribution in [2.45, 2.75) is 19.1 Å². The van der Waals surface area contributed by atoms with E-state index in [4.69, 9.17) is 0 Å². The van der Waals surface area contributed by atoms with Gasteiger partial charge in [0.2, 0.25) is 0 Å². The SMILES string of the molecule is CONC(=O)N[C@@H](C)c1ccc(OCC(F)(F)F)cc1. The number of hydrogen-bond donors (Lipinski definition) is 2. The number of hydrogen-bond acceptors (Lipinski definition) is 3. The zero-order chi connectivity index (χ0) is 15.2. The maximum absolute atomic E-state index is 12.0. The average molecular weight is 292 g/mol. The largest absolute Gasteiger partial charge is 0.484 e. The highest BCUT2D eigenvalue weighted by Gasteiger charge is 2.28. The summed E-state index contributed by atoms with van der Waals surface area (Å²) < 4.78 is 40.5.